The summed E-state index contributed by atoms with van der Waals surface area (Å²) < 4.78 is 5.32. The van der Waals surface area contributed by atoms with Crippen LogP contribution in [-0.2, 0) is 4.74 Å². The summed E-state index contributed by atoms with van der Waals surface area (Å²) in [6.07, 6.45) is 1.57. The molecule has 1 heterocycles. The first kappa shape index (κ1) is 14.8. The lowest BCUT2D eigenvalue weighted by atomic mass is 9.89. The number of carbonyl (C=O) groups is 1. The second-order valence-electron chi connectivity index (χ2n) is 5.76. The Morgan fingerprint density at radius 3 is 2.72 bits per heavy atom. The second-order valence-corrected chi connectivity index (χ2v) is 5.76. The average Bonchev–Trinajstić information content (AvgIpc) is 2.27. The van der Waals surface area contributed by atoms with Crippen molar-refractivity contribution in [2.45, 2.75) is 51.7 Å². The molecule has 5 nitrogen and oxygen atoms in total. The van der Waals surface area contributed by atoms with Crippen LogP contribution in [0.5, 0.6) is 0 Å². The van der Waals surface area contributed by atoms with Crippen LogP contribution in [0.2, 0.25) is 0 Å². The van der Waals surface area contributed by atoms with Crippen molar-refractivity contribution in [3.8, 4) is 6.07 Å². The molecule has 0 aliphatic carbocycles. The van der Waals surface area contributed by atoms with Gasteiger partial charge in [0.05, 0.1) is 18.7 Å². The molecule has 1 aliphatic rings. The van der Waals surface area contributed by atoms with Gasteiger partial charge in [-0.25, -0.2) is 4.79 Å². The largest absolute Gasteiger partial charge is 0.444 e. The molecule has 0 spiro atoms. The van der Waals surface area contributed by atoms with Crippen molar-refractivity contribution >= 4 is 6.09 Å². The third kappa shape index (κ3) is 4.19. The van der Waals surface area contributed by atoms with E-state index in [4.69, 9.17) is 10.00 Å². The zero-order valence-corrected chi connectivity index (χ0v) is 11.3. The molecule has 1 amide bonds. The highest BCUT2D eigenvalue weighted by molar-refractivity contribution is 5.68. The van der Waals surface area contributed by atoms with Gasteiger partial charge in [0.25, 0.3) is 0 Å². The van der Waals surface area contributed by atoms with Crippen LogP contribution in [0.15, 0.2) is 0 Å². The molecule has 2 atom stereocenters. The number of aliphatic hydroxyl groups excluding tert-OH is 1. The molecule has 18 heavy (non-hydrogen) atoms. The van der Waals surface area contributed by atoms with E-state index in [1.807, 2.05) is 20.8 Å². The van der Waals surface area contributed by atoms with Gasteiger partial charge in [0.1, 0.15) is 5.60 Å². The van der Waals surface area contributed by atoms with E-state index < -0.39 is 5.60 Å². The van der Waals surface area contributed by atoms with Crippen molar-refractivity contribution < 1.29 is 14.6 Å². The number of amides is 1. The molecular formula is C13H22N2O3. The number of aliphatic hydroxyl groups is 1. The van der Waals surface area contributed by atoms with E-state index in [9.17, 15) is 9.90 Å². The molecule has 0 saturated carbocycles. The van der Waals surface area contributed by atoms with Gasteiger partial charge in [-0.1, -0.05) is 0 Å². The number of ether oxygens (including phenoxy) is 1. The Labute approximate surface area is 108 Å². The first-order chi connectivity index (χ1) is 8.37. The summed E-state index contributed by atoms with van der Waals surface area (Å²) in [6.45, 7) is 5.93. The first-order valence-electron chi connectivity index (χ1n) is 6.35. The number of carbonyl (C=O) groups excluding carboxylic acids is 1. The fourth-order valence-corrected chi connectivity index (χ4v) is 2.18. The number of hydrogen-bond acceptors (Lipinski definition) is 4. The minimum Gasteiger partial charge on any atom is -0.444 e. The van der Waals surface area contributed by atoms with E-state index >= 15 is 0 Å². The molecule has 0 radical (unpaired) electrons. The fourth-order valence-electron chi connectivity index (χ4n) is 2.18. The first-order valence-corrected chi connectivity index (χ1v) is 6.35. The summed E-state index contributed by atoms with van der Waals surface area (Å²) >= 11 is 0. The molecular weight excluding hydrogens is 232 g/mol. The van der Waals surface area contributed by atoms with Crippen LogP contribution >= 0.6 is 0 Å². The van der Waals surface area contributed by atoms with Gasteiger partial charge < -0.3 is 14.7 Å². The summed E-state index contributed by atoms with van der Waals surface area (Å²) in [7, 11) is 0. The molecule has 0 aromatic rings. The Morgan fingerprint density at radius 2 is 2.22 bits per heavy atom. The maximum Gasteiger partial charge on any atom is 0.410 e. The number of rotatable bonds is 2. The average molecular weight is 254 g/mol. The minimum atomic E-state index is -0.527. The van der Waals surface area contributed by atoms with Gasteiger partial charge in [0.2, 0.25) is 0 Å². The van der Waals surface area contributed by atoms with Crippen molar-refractivity contribution in [3.05, 3.63) is 0 Å². The van der Waals surface area contributed by atoms with E-state index in [0.29, 0.717) is 19.4 Å². The quantitative estimate of drug-likeness (QED) is 0.817. The smallest absolute Gasteiger partial charge is 0.410 e. The number of nitrogens with zero attached hydrogens (tertiary/aromatic N) is 2. The lowest BCUT2D eigenvalue weighted by Gasteiger charge is -2.38. The highest BCUT2D eigenvalue weighted by Gasteiger charge is 2.33. The predicted molar refractivity (Wildman–Crippen MR) is 66.8 cm³/mol. The van der Waals surface area contributed by atoms with Gasteiger partial charge in [-0.2, -0.15) is 5.26 Å². The van der Waals surface area contributed by atoms with Crippen LogP contribution in [-0.4, -0.2) is 40.9 Å². The van der Waals surface area contributed by atoms with Crippen molar-refractivity contribution in [3.63, 3.8) is 0 Å². The third-order valence-corrected chi connectivity index (χ3v) is 3.04. The van der Waals surface area contributed by atoms with Crippen LogP contribution < -0.4 is 0 Å². The van der Waals surface area contributed by atoms with E-state index in [1.165, 1.54) is 0 Å². The molecule has 1 saturated heterocycles. The van der Waals surface area contributed by atoms with Gasteiger partial charge in [-0.15, -0.1) is 0 Å². The van der Waals surface area contributed by atoms with E-state index in [2.05, 4.69) is 6.07 Å². The number of hydrogen-bond donors (Lipinski definition) is 1. The Morgan fingerprint density at radius 1 is 1.56 bits per heavy atom. The van der Waals surface area contributed by atoms with Crippen LogP contribution in [0.25, 0.3) is 0 Å². The second kappa shape index (κ2) is 6.05. The van der Waals surface area contributed by atoms with Crippen molar-refractivity contribution in [2.75, 3.05) is 13.2 Å². The monoisotopic (exact) mass is 254 g/mol. The van der Waals surface area contributed by atoms with Crippen molar-refractivity contribution in [2.24, 2.45) is 5.92 Å². The minimum absolute atomic E-state index is 0.0822. The van der Waals surface area contributed by atoms with Crippen LogP contribution in [0.1, 0.15) is 40.0 Å². The maximum atomic E-state index is 12.0. The molecule has 102 valence electrons. The zero-order chi connectivity index (χ0) is 13.8. The summed E-state index contributed by atoms with van der Waals surface area (Å²) in [5, 5.41) is 18.0. The molecule has 0 aromatic heterocycles. The van der Waals surface area contributed by atoms with Crippen molar-refractivity contribution in [1.29, 1.82) is 5.26 Å². The highest BCUT2D eigenvalue weighted by Crippen LogP contribution is 2.26. The molecule has 2 unspecified atom stereocenters. The van der Waals surface area contributed by atoms with Crippen LogP contribution in [0.4, 0.5) is 4.79 Å². The number of nitriles is 1. The fraction of sp³-hybridized carbons (Fsp3) is 0.846. The molecule has 5 heteroatoms. The van der Waals surface area contributed by atoms with Gasteiger partial charge in [0.15, 0.2) is 0 Å². The van der Waals surface area contributed by atoms with E-state index in [-0.39, 0.29) is 24.7 Å². The lowest BCUT2D eigenvalue weighted by molar-refractivity contribution is -0.00434. The summed E-state index contributed by atoms with van der Waals surface area (Å²) in [5.41, 5.74) is -0.527. The topological polar surface area (TPSA) is 73.6 Å². The molecule has 1 N–H and O–H groups in total. The van der Waals surface area contributed by atoms with Gasteiger partial charge in [-0.3, -0.25) is 0 Å². The molecule has 1 aliphatic heterocycles. The number of piperidine rings is 1. The summed E-state index contributed by atoms with van der Waals surface area (Å²) in [6, 6.07) is 1.92. The zero-order valence-electron chi connectivity index (χ0n) is 11.3. The van der Waals surface area contributed by atoms with Crippen molar-refractivity contribution in [1.82, 2.24) is 4.90 Å². The third-order valence-electron chi connectivity index (χ3n) is 3.04. The molecule has 1 rings (SSSR count). The van der Waals surface area contributed by atoms with Crippen LogP contribution in [0, 0.1) is 17.2 Å². The Hall–Kier alpha value is -1.28. The van der Waals surface area contributed by atoms with E-state index in [1.54, 1.807) is 4.90 Å². The number of likely N-dealkylation sites (tertiary alicyclic amines) is 1. The van der Waals surface area contributed by atoms with Gasteiger partial charge in [0, 0.05) is 13.0 Å². The Balaban J connectivity index is 2.61. The summed E-state index contributed by atoms with van der Waals surface area (Å²) in [4.78, 5) is 13.6. The predicted octanol–water partition coefficient (Wildman–Crippen LogP) is 1.91. The molecule has 0 bridgehead atoms. The SMILES string of the molecule is CC(C)(C)OC(=O)N1CCC(CC#N)CC1CO. The van der Waals surface area contributed by atoms with Crippen LogP contribution in [0.3, 0.4) is 0 Å². The maximum absolute atomic E-state index is 12.0. The van der Waals surface area contributed by atoms with E-state index in [0.717, 1.165) is 6.42 Å². The molecule has 0 aromatic carbocycles. The Kier molecular flexibility index (Phi) is 4.97. The van der Waals surface area contributed by atoms with Gasteiger partial charge >= 0.3 is 6.09 Å². The highest BCUT2D eigenvalue weighted by atomic mass is 16.6. The standard InChI is InChI=1S/C13H22N2O3/c1-13(2,3)18-12(17)15-7-5-10(4-6-14)8-11(15)9-16/h10-11,16H,4-5,7-9H2,1-3H3. The van der Waals surface area contributed by atoms with Gasteiger partial charge in [-0.05, 0) is 39.5 Å². The summed E-state index contributed by atoms with van der Waals surface area (Å²) in [5.74, 6) is 0.269. The molecule has 1 fully saturated rings. The normalized spacial score (nSPS) is 24.5. The lowest BCUT2D eigenvalue weighted by Crippen LogP contribution is -2.49. The Bertz CT molecular complexity index is 330.